The predicted molar refractivity (Wildman–Crippen MR) is 81.1 cm³/mol. The molecular weight excluding hydrogens is 258 g/mol. The van der Waals surface area contributed by atoms with Crippen molar-refractivity contribution in [1.82, 2.24) is 10.3 Å². The zero-order valence-corrected chi connectivity index (χ0v) is 12.6. The van der Waals surface area contributed by atoms with Crippen LogP contribution >= 0.6 is 0 Å². The molecule has 0 saturated carbocycles. The van der Waals surface area contributed by atoms with E-state index in [0.29, 0.717) is 0 Å². The first kappa shape index (κ1) is 14.5. The zero-order valence-electron chi connectivity index (χ0n) is 11.8. The highest BCUT2D eigenvalue weighted by Crippen LogP contribution is 2.18. The van der Waals surface area contributed by atoms with E-state index in [1.54, 1.807) is 0 Å². The molecule has 0 bridgehead atoms. The number of nitrogens with zero attached hydrogens (tertiary/aromatic N) is 2. The maximum Gasteiger partial charge on any atom is 0.129 e. The van der Waals surface area contributed by atoms with Gasteiger partial charge >= 0.3 is 0 Å². The summed E-state index contributed by atoms with van der Waals surface area (Å²) in [4.78, 5) is 7.02. The summed E-state index contributed by atoms with van der Waals surface area (Å²) in [7, 11) is 1.33. The molecule has 0 unspecified atom stereocenters. The van der Waals surface area contributed by atoms with Crippen LogP contribution < -0.4 is 10.2 Å². The van der Waals surface area contributed by atoms with Crippen LogP contribution in [0.3, 0.4) is 0 Å². The largest absolute Gasteiger partial charge is 0.355 e. The Bertz CT molecular complexity index is 416. The SMILES string of the molecule is CCCc1cc(CNC)cc(N2CCS(=O)CC2)n1. The van der Waals surface area contributed by atoms with Gasteiger partial charge in [-0.15, -0.1) is 0 Å². The third-order valence-corrected chi connectivity index (χ3v) is 4.59. The number of pyridine rings is 1. The Morgan fingerprint density at radius 1 is 1.37 bits per heavy atom. The highest BCUT2D eigenvalue weighted by Gasteiger charge is 2.17. The number of nitrogens with one attached hydrogen (secondary N) is 1. The van der Waals surface area contributed by atoms with Crippen LogP contribution in [0.25, 0.3) is 0 Å². The van der Waals surface area contributed by atoms with Gasteiger partial charge in [0.2, 0.25) is 0 Å². The molecule has 1 aromatic rings. The van der Waals surface area contributed by atoms with E-state index in [2.05, 4.69) is 29.3 Å². The molecule has 2 rings (SSSR count). The van der Waals surface area contributed by atoms with Gasteiger partial charge in [-0.2, -0.15) is 0 Å². The number of aryl methyl sites for hydroxylation is 1. The summed E-state index contributed by atoms with van der Waals surface area (Å²) in [5, 5.41) is 3.20. The molecule has 1 aliphatic rings. The molecule has 0 aromatic carbocycles. The van der Waals surface area contributed by atoms with Gasteiger partial charge in [-0.25, -0.2) is 4.98 Å². The molecule has 19 heavy (non-hydrogen) atoms. The third-order valence-electron chi connectivity index (χ3n) is 3.31. The van der Waals surface area contributed by atoms with Crippen molar-refractivity contribution in [2.24, 2.45) is 0 Å². The lowest BCUT2D eigenvalue weighted by Gasteiger charge is -2.28. The summed E-state index contributed by atoms with van der Waals surface area (Å²) < 4.78 is 11.4. The lowest BCUT2D eigenvalue weighted by molar-refractivity contribution is 0.672. The van der Waals surface area contributed by atoms with Crippen molar-refractivity contribution in [2.75, 3.05) is 36.5 Å². The van der Waals surface area contributed by atoms with Crippen molar-refractivity contribution in [2.45, 2.75) is 26.3 Å². The van der Waals surface area contributed by atoms with Crippen molar-refractivity contribution in [3.8, 4) is 0 Å². The summed E-state index contributed by atoms with van der Waals surface area (Å²) >= 11 is 0. The Kier molecular flexibility index (Phi) is 5.34. The van der Waals surface area contributed by atoms with Gasteiger partial charge in [0.1, 0.15) is 5.82 Å². The van der Waals surface area contributed by atoms with Gasteiger partial charge in [-0.1, -0.05) is 13.3 Å². The van der Waals surface area contributed by atoms with E-state index in [1.807, 2.05) is 7.05 Å². The lowest BCUT2D eigenvalue weighted by atomic mass is 10.1. The Morgan fingerprint density at radius 3 is 2.74 bits per heavy atom. The Balaban J connectivity index is 2.19. The second-order valence-corrected chi connectivity index (χ2v) is 6.64. The fourth-order valence-corrected chi connectivity index (χ4v) is 3.40. The molecule has 1 aliphatic heterocycles. The fourth-order valence-electron chi connectivity index (χ4n) is 2.35. The van der Waals surface area contributed by atoms with Crippen LogP contribution in [0.1, 0.15) is 24.6 Å². The molecule has 4 nitrogen and oxygen atoms in total. The molecule has 1 fully saturated rings. The van der Waals surface area contributed by atoms with Gasteiger partial charge in [0.25, 0.3) is 0 Å². The number of hydrogen-bond acceptors (Lipinski definition) is 4. The maximum atomic E-state index is 11.4. The van der Waals surface area contributed by atoms with Gasteiger partial charge in [-0.3, -0.25) is 4.21 Å². The van der Waals surface area contributed by atoms with Crippen LogP contribution in [0.4, 0.5) is 5.82 Å². The molecular formula is C14H23N3OS. The highest BCUT2D eigenvalue weighted by atomic mass is 32.2. The van der Waals surface area contributed by atoms with Crippen LogP contribution in [0.5, 0.6) is 0 Å². The lowest BCUT2D eigenvalue weighted by Crippen LogP contribution is -2.38. The Labute approximate surface area is 118 Å². The molecule has 0 aliphatic carbocycles. The number of hydrogen-bond donors (Lipinski definition) is 1. The third kappa shape index (κ3) is 4.01. The zero-order chi connectivity index (χ0) is 13.7. The van der Waals surface area contributed by atoms with Crippen LogP contribution in [0.2, 0.25) is 0 Å². The molecule has 0 radical (unpaired) electrons. The van der Waals surface area contributed by atoms with Gasteiger partial charge < -0.3 is 10.2 Å². The molecule has 1 aromatic heterocycles. The monoisotopic (exact) mass is 281 g/mol. The van der Waals surface area contributed by atoms with Crippen LogP contribution in [0.15, 0.2) is 12.1 Å². The van der Waals surface area contributed by atoms with E-state index < -0.39 is 10.8 Å². The van der Waals surface area contributed by atoms with E-state index in [4.69, 9.17) is 4.98 Å². The van der Waals surface area contributed by atoms with Gasteiger partial charge in [0, 0.05) is 47.6 Å². The summed E-state index contributed by atoms with van der Waals surface area (Å²) in [6.45, 7) is 4.75. The molecule has 0 spiro atoms. The quantitative estimate of drug-likeness (QED) is 0.884. The molecule has 2 heterocycles. The van der Waals surface area contributed by atoms with Crippen LogP contribution in [0, 0.1) is 0 Å². The first-order chi connectivity index (χ1) is 9.22. The van der Waals surface area contributed by atoms with Crippen molar-refractivity contribution < 1.29 is 4.21 Å². The average molecular weight is 281 g/mol. The molecule has 5 heteroatoms. The summed E-state index contributed by atoms with van der Waals surface area (Å²) in [6.07, 6.45) is 2.13. The Hall–Kier alpha value is -0.940. The van der Waals surface area contributed by atoms with E-state index in [0.717, 1.165) is 55.5 Å². The first-order valence-corrected chi connectivity index (χ1v) is 8.46. The van der Waals surface area contributed by atoms with E-state index in [-0.39, 0.29) is 0 Å². The topological polar surface area (TPSA) is 45.2 Å². The maximum absolute atomic E-state index is 11.4. The molecule has 0 amide bonds. The minimum absolute atomic E-state index is 0.634. The van der Waals surface area contributed by atoms with Crippen molar-refractivity contribution in [1.29, 1.82) is 0 Å². The van der Waals surface area contributed by atoms with Gasteiger partial charge in [-0.05, 0) is 31.2 Å². The second kappa shape index (κ2) is 7.01. The van der Waals surface area contributed by atoms with Gasteiger partial charge in [0.05, 0.1) is 0 Å². The Morgan fingerprint density at radius 2 is 2.11 bits per heavy atom. The minimum atomic E-state index is -0.634. The summed E-state index contributed by atoms with van der Waals surface area (Å²) in [5.41, 5.74) is 2.44. The smallest absolute Gasteiger partial charge is 0.129 e. The van der Waals surface area contributed by atoms with E-state index in [9.17, 15) is 4.21 Å². The van der Waals surface area contributed by atoms with E-state index in [1.165, 1.54) is 5.56 Å². The average Bonchev–Trinajstić information content (AvgIpc) is 2.40. The predicted octanol–water partition coefficient (Wildman–Crippen LogP) is 1.32. The molecule has 1 saturated heterocycles. The van der Waals surface area contributed by atoms with Crippen molar-refractivity contribution >= 4 is 16.6 Å². The highest BCUT2D eigenvalue weighted by molar-refractivity contribution is 7.85. The summed E-state index contributed by atoms with van der Waals surface area (Å²) in [5.74, 6) is 2.58. The standard InChI is InChI=1S/C14H23N3OS/c1-3-4-13-9-12(11-15-2)10-14(16-13)17-5-7-19(18)8-6-17/h9-10,15H,3-8,11H2,1-2H3. The number of anilines is 1. The van der Waals surface area contributed by atoms with Crippen LogP contribution in [-0.4, -0.2) is 40.8 Å². The van der Waals surface area contributed by atoms with E-state index >= 15 is 0 Å². The second-order valence-electron chi connectivity index (χ2n) is 4.94. The number of aromatic nitrogens is 1. The minimum Gasteiger partial charge on any atom is -0.355 e. The fraction of sp³-hybridized carbons (Fsp3) is 0.643. The van der Waals surface area contributed by atoms with Crippen molar-refractivity contribution in [3.63, 3.8) is 0 Å². The normalized spacial score (nSPS) is 16.8. The number of rotatable bonds is 5. The molecule has 106 valence electrons. The van der Waals surface area contributed by atoms with Crippen LogP contribution in [-0.2, 0) is 23.8 Å². The first-order valence-electron chi connectivity index (χ1n) is 6.97. The van der Waals surface area contributed by atoms with Crippen molar-refractivity contribution in [3.05, 3.63) is 23.4 Å². The summed E-state index contributed by atoms with van der Waals surface area (Å²) in [6, 6.07) is 4.34. The van der Waals surface area contributed by atoms with Gasteiger partial charge in [0.15, 0.2) is 0 Å². The molecule has 1 N–H and O–H groups in total. The molecule has 0 atom stereocenters.